The van der Waals surface area contributed by atoms with Crippen molar-refractivity contribution < 1.29 is 0 Å². The van der Waals surface area contributed by atoms with Crippen molar-refractivity contribution in [1.29, 1.82) is 0 Å². The minimum atomic E-state index is 0.365. The van der Waals surface area contributed by atoms with E-state index in [0.717, 1.165) is 30.4 Å². The van der Waals surface area contributed by atoms with Crippen molar-refractivity contribution in [3.63, 3.8) is 0 Å². The molecule has 0 aliphatic carbocycles. The number of guanidine groups is 1. The van der Waals surface area contributed by atoms with Gasteiger partial charge < -0.3 is 15.5 Å². The quantitative estimate of drug-likeness (QED) is 0.532. The molecule has 0 amide bonds. The molecule has 2 N–H and O–H groups in total. The molecule has 156 valence electrons. The van der Waals surface area contributed by atoms with E-state index in [0.29, 0.717) is 12.6 Å². The summed E-state index contributed by atoms with van der Waals surface area (Å²) in [5, 5.41) is 6.96. The van der Waals surface area contributed by atoms with E-state index in [9.17, 15) is 0 Å². The summed E-state index contributed by atoms with van der Waals surface area (Å²) in [6.45, 7) is 6.74. The molecule has 3 rings (SSSR count). The van der Waals surface area contributed by atoms with E-state index in [-0.39, 0.29) is 0 Å². The van der Waals surface area contributed by atoms with Gasteiger partial charge in [0.2, 0.25) is 0 Å². The van der Waals surface area contributed by atoms with Crippen molar-refractivity contribution in [1.82, 2.24) is 20.5 Å². The Balaban J connectivity index is 1.68. The molecule has 1 aliphatic rings. The summed E-state index contributed by atoms with van der Waals surface area (Å²) in [5.41, 5.74) is 2.52. The first-order valence-electron chi connectivity index (χ1n) is 10.6. The third-order valence-electron chi connectivity index (χ3n) is 5.26. The number of pyridine rings is 1. The number of benzene rings is 1. The molecule has 1 unspecified atom stereocenters. The largest absolute Gasteiger partial charge is 0.363 e. The Bertz CT molecular complexity index is 768. The van der Waals surface area contributed by atoms with E-state index in [1.165, 1.54) is 31.5 Å². The predicted octanol–water partition coefficient (Wildman–Crippen LogP) is 3.04. The standard InChI is InChI=1S/C23H34N6/c1-4-24-23(26-17-19-12-13-25-22(16-19)28(2)3)27-18-21(29-14-8-9-15-29)20-10-6-5-7-11-20/h5-7,10-13,16,21H,4,8-9,14-15,17-18H2,1-3H3,(H2,24,26,27). The number of nitrogens with zero attached hydrogens (tertiary/aromatic N) is 4. The summed E-state index contributed by atoms with van der Waals surface area (Å²) in [7, 11) is 4.01. The van der Waals surface area contributed by atoms with Crippen LogP contribution in [0.1, 0.15) is 36.9 Å². The van der Waals surface area contributed by atoms with Gasteiger partial charge in [-0.25, -0.2) is 9.98 Å². The molecule has 0 saturated carbocycles. The van der Waals surface area contributed by atoms with E-state index in [1.54, 1.807) is 0 Å². The Hall–Kier alpha value is -2.60. The van der Waals surface area contributed by atoms with Crippen LogP contribution in [0.3, 0.4) is 0 Å². The van der Waals surface area contributed by atoms with Gasteiger partial charge in [-0.15, -0.1) is 0 Å². The first kappa shape index (κ1) is 21.1. The highest BCUT2D eigenvalue weighted by Gasteiger charge is 2.23. The number of likely N-dealkylation sites (tertiary alicyclic amines) is 1. The highest BCUT2D eigenvalue weighted by atomic mass is 15.2. The number of rotatable bonds is 8. The van der Waals surface area contributed by atoms with E-state index in [1.807, 2.05) is 31.3 Å². The lowest BCUT2D eigenvalue weighted by atomic mass is 10.1. The molecular weight excluding hydrogens is 360 g/mol. The first-order chi connectivity index (χ1) is 14.2. The lowest BCUT2D eigenvalue weighted by molar-refractivity contribution is 0.245. The van der Waals surface area contributed by atoms with Crippen LogP contribution in [0.15, 0.2) is 53.7 Å². The fourth-order valence-electron chi connectivity index (χ4n) is 3.70. The van der Waals surface area contributed by atoms with Crippen LogP contribution >= 0.6 is 0 Å². The summed E-state index contributed by atoms with van der Waals surface area (Å²) in [6.07, 6.45) is 4.42. The molecule has 29 heavy (non-hydrogen) atoms. The highest BCUT2D eigenvalue weighted by Crippen LogP contribution is 2.24. The number of hydrogen-bond acceptors (Lipinski definition) is 4. The van der Waals surface area contributed by atoms with Crippen LogP contribution in [0, 0.1) is 0 Å². The molecule has 1 aromatic heterocycles. The average molecular weight is 395 g/mol. The first-order valence-corrected chi connectivity index (χ1v) is 10.6. The van der Waals surface area contributed by atoms with Crippen LogP contribution in [0.25, 0.3) is 0 Å². The maximum Gasteiger partial charge on any atom is 0.191 e. The van der Waals surface area contributed by atoms with Crippen molar-refractivity contribution in [3.8, 4) is 0 Å². The second-order valence-electron chi connectivity index (χ2n) is 7.66. The zero-order valence-corrected chi connectivity index (χ0v) is 17.9. The molecular formula is C23H34N6. The molecule has 1 aromatic carbocycles. The van der Waals surface area contributed by atoms with Gasteiger partial charge in [0.05, 0.1) is 12.6 Å². The maximum absolute atomic E-state index is 4.81. The van der Waals surface area contributed by atoms with E-state index in [2.05, 4.69) is 63.8 Å². The van der Waals surface area contributed by atoms with Gasteiger partial charge in [-0.3, -0.25) is 4.90 Å². The fraction of sp³-hybridized carbons (Fsp3) is 0.478. The molecule has 0 radical (unpaired) electrons. The number of aromatic nitrogens is 1. The van der Waals surface area contributed by atoms with Crippen molar-refractivity contribution in [2.45, 2.75) is 32.4 Å². The molecule has 0 spiro atoms. The third-order valence-corrected chi connectivity index (χ3v) is 5.26. The highest BCUT2D eigenvalue weighted by molar-refractivity contribution is 5.79. The van der Waals surface area contributed by atoms with Crippen molar-refractivity contribution >= 4 is 11.8 Å². The summed E-state index contributed by atoms with van der Waals surface area (Å²) in [5.74, 6) is 1.81. The van der Waals surface area contributed by atoms with Crippen LogP contribution in [-0.4, -0.2) is 56.1 Å². The number of aliphatic imine (C=N–C) groups is 1. The zero-order chi connectivity index (χ0) is 20.5. The van der Waals surface area contributed by atoms with Crippen LogP contribution in [0.2, 0.25) is 0 Å². The van der Waals surface area contributed by atoms with Gasteiger partial charge in [0.15, 0.2) is 5.96 Å². The lowest BCUT2D eigenvalue weighted by Crippen LogP contribution is -2.42. The Kier molecular flexibility index (Phi) is 7.87. The normalized spacial score (nSPS) is 15.9. The van der Waals surface area contributed by atoms with Crippen LogP contribution in [0.5, 0.6) is 0 Å². The molecule has 6 nitrogen and oxygen atoms in total. The van der Waals surface area contributed by atoms with E-state index >= 15 is 0 Å². The van der Waals surface area contributed by atoms with E-state index < -0.39 is 0 Å². The summed E-state index contributed by atoms with van der Waals surface area (Å²) in [4.78, 5) is 13.8. The number of nitrogens with one attached hydrogen (secondary N) is 2. The molecule has 1 fully saturated rings. The molecule has 6 heteroatoms. The predicted molar refractivity (Wildman–Crippen MR) is 121 cm³/mol. The Morgan fingerprint density at radius 2 is 1.90 bits per heavy atom. The van der Waals surface area contributed by atoms with Crippen molar-refractivity contribution in [2.75, 3.05) is 45.2 Å². The van der Waals surface area contributed by atoms with Crippen LogP contribution in [0.4, 0.5) is 5.82 Å². The van der Waals surface area contributed by atoms with Crippen LogP contribution < -0.4 is 15.5 Å². The third kappa shape index (κ3) is 6.19. The molecule has 2 heterocycles. The maximum atomic E-state index is 4.81. The second-order valence-corrected chi connectivity index (χ2v) is 7.66. The van der Waals surface area contributed by atoms with Crippen molar-refractivity contribution in [2.24, 2.45) is 4.99 Å². The summed E-state index contributed by atoms with van der Waals surface area (Å²) in [6, 6.07) is 15.3. The molecule has 1 saturated heterocycles. The van der Waals surface area contributed by atoms with Gasteiger partial charge in [0.25, 0.3) is 0 Å². The Morgan fingerprint density at radius 1 is 1.14 bits per heavy atom. The van der Waals surface area contributed by atoms with Gasteiger partial charge in [-0.05, 0) is 56.1 Å². The van der Waals surface area contributed by atoms with Gasteiger partial charge in [0, 0.05) is 33.4 Å². The van der Waals surface area contributed by atoms with Gasteiger partial charge in [-0.1, -0.05) is 30.3 Å². The number of anilines is 1. The lowest BCUT2D eigenvalue weighted by Gasteiger charge is -2.29. The smallest absolute Gasteiger partial charge is 0.191 e. The minimum absolute atomic E-state index is 0.365. The van der Waals surface area contributed by atoms with Gasteiger partial charge >= 0.3 is 0 Å². The Morgan fingerprint density at radius 3 is 2.59 bits per heavy atom. The summed E-state index contributed by atoms with van der Waals surface area (Å²) >= 11 is 0. The summed E-state index contributed by atoms with van der Waals surface area (Å²) < 4.78 is 0. The zero-order valence-electron chi connectivity index (χ0n) is 17.9. The average Bonchev–Trinajstić information content (AvgIpc) is 3.27. The topological polar surface area (TPSA) is 55.8 Å². The molecule has 1 aliphatic heterocycles. The second kappa shape index (κ2) is 10.8. The molecule has 0 bridgehead atoms. The monoisotopic (exact) mass is 394 g/mol. The Labute approximate surface area is 175 Å². The van der Waals surface area contributed by atoms with Crippen molar-refractivity contribution in [3.05, 3.63) is 59.8 Å². The minimum Gasteiger partial charge on any atom is -0.363 e. The molecule has 2 aromatic rings. The van der Waals surface area contributed by atoms with Gasteiger partial charge in [0.1, 0.15) is 5.82 Å². The van der Waals surface area contributed by atoms with Gasteiger partial charge in [-0.2, -0.15) is 0 Å². The van der Waals surface area contributed by atoms with E-state index in [4.69, 9.17) is 4.99 Å². The SMILES string of the molecule is CCNC(=NCc1ccnc(N(C)C)c1)NCC(c1ccccc1)N1CCCC1. The van der Waals surface area contributed by atoms with Crippen LogP contribution in [-0.2, 0) is 6.54 Å². The fourth-order valence-corrected chi connectivity index (χ4v) is 3.70. The number of hydrogen-bond donors (Lipinski definition) is 2. The molecule has 1 atom stereocenters.